The van der Waals surface area contributed by atoms with Gasteiger partial charge in [0.15, 0.2) is 0 Å². The minimum absolute atomic E-state index is 0.537. The Morgan fingerprint density at radius 1 is 1.31 bits per heavy atom. The first-order valence-corrected chi connectivity index (χ1v) is 4.37. The molecule has 1 aliphatic rings. The summed E-state index contributed by atoms with van der Waals surface area (Å²) in [4.78, 5) is 0. The lowest BCUT2D eigenvalue weighted by Crippen LogP contribution is -2.35. The Hall–Kier alpha value is -0.900. The molecule has 0 atom stereocenters. The molecule has 1 aromatic carbocycles. The molecular weight excluding hydrogens is 209 g/mol. The number of halogens is 2. The standard InChI is InChI=1S/C8H6Cl2N3/c9-6-1-3-7(4-2-6)13-5-8(10)11-12-13/h1,3-5,11-12H. The maximum absolute atomic E-state index is 5.70. The van der Waals surface area contributed by atoms with E-state index in [-0.39, 0.29) is 0 Å². The average Bonchev–Trinajstić information content (AvgIpc) is 2.53. The molecule has 1 aromatic rings. The number of hydrogen-bond acceptors (Lipinski definition) is 3. The molecule has 2 rings (SSSR count). The number of benzene rings is 1. The third kappa shape index (κ3) is 1.88. The SMILES string of the molecule is ClC1=CN(c2c[c]c(Cl)cc2)NN1. The van der Waals surface area contributed by atoms with Gasteiger partial charge in [0.05, 0.1) is 11.9 Å². The normalized spacial score (nSPS) is 15.5. The van der Waals surface area contributed by atoms with Crippen LogP contribution in [0.1, 0.15) is 0 Å². The van der Waals surface area contributed by atoms with Crippen LogP contribution in [0.4, 0.5) is 5.69 Å². The Morgan fingerprint density at radius 3 is 2.69 bits per heavy atom. The fraction of sp³-hybridized carbons (Fsp3) is 0. The Kier molecular flexibility index (Phi) is 2.31. The van der Waals surface area contributed by atoms with Gasteiger partial charge in [0, 0.05) is 11.1 Å². The quantitative estimate of drug-likeness (QED) is 0.701. The summed E-state index contributed by atoms with van der Waals surface area (Å²) in [6, 6.07) is 8.27. The van der Waals surface area contributed by atoms with E-state index in [1.807, 2.05) is 6.07 Å². The van der Waals surface area contributed by atoms with Gasteiger partial charge >= 0.3 is 0 Å². The van der Waals surface area contributed by atoms with Gasteiger partial charge in [-0.15, -0.1) is 5.53 Å². The lowest BCUT2D eigenvalue weighted by Gasteiger charge is -2.14. The number of anilines is 1. The molecule has 1 radical (unpaired) electrons. The molecule has 5 heteroatoms. The largest absolute Gasteiger partial charge is 0.292 e. The molecule has 0 fully saturated rings. The van der Waals surface area contributed by atoms with Crippen LogP contribution in [0, 0.1) is 6.07 Å². The maximum atomic E-state index is 5.70. The average molecular weight is 215 g/mol. The highest BCUT2D eigenvalue weighted by atomic mass is 35.5. The van der Waals surface area contributed by atoms with Crippen molar-refractivity contribution < 1.29 is 0 Å². The highest BCUT2D eigenvalue weighted by molar-refractivity contribution is 6.30. The van der Waals surface area contributed by atoms with E-state index in [2.05, 4.69) is 17.0 Å². The summed E-state index contributed by atoms with van der Waals surface area (Å²) >= 11 is 11.4. The number of nitrogens with zero attached hydrogens (tertiary/aromatic N) is 1. The van der Waals surface area contributed by atoms with Gasteiger partial charge in [0.2, 0.25) is 0 Å². The summed E-state index contributed by atoms with van der Waals surface area (Å²) in [5, 5.41) is 2.86. The lowest BCUT2D eigenvalue weighted by atomic mass is 10.3. The molecular formula is C8H6Cl2N3. The predicted octanol–water partition coefficient (Wildman–Crippen LogP) is 2.01. The Balaban J connectivity index is 2.22. The molecule has 0 saturated carbocycles. The summed E-state index contributed by atoms with van der Waals surface area (Å²) in [7, 11) is 0. The van der Waals surface area contributed by atoms with Crippen molar-refractivity contribution in [3.05, 3.63) is 40.6 Å². The molecule has 0 aliphatic carbocycles. The van der Waals surface area contributed by atoms with E-state index in [0.717, 1.165) is 5.69 Å². The molecule has 0 bridgehead atoms. The molecule has 0 spiro atoms. The van der Waals surface area contributed by atoms with Gasteiger partial charge in [-0.1, -0.05) is 23.2 Å². The predicted molar refractivity (Wildman–Crippen MR) is 53.0 cm³/mol. The van der Waals surface area contributed by atoms with Gasteiger partial charge in [-0.25, -0.2) is 0 Å². The first kappa shape index (κ1) is 8.69. The van der Waals surface area contributed by atoms with Crippen LogP contribution in [-0.2, 0) is 0 Å². The van der Waals surface area contributed by atoms with Crippen molar-refractivity contribution in [2.24, 2.45) is 0 Å². The van der Waals surface area contributed by atoms with Gasteiger partial charge < -0.3 is 0 Å². The zero-order valence-electron chi connectivity index (χ0n) is 6.51. The van der Waals surface area contributed by atoms with E-state index >= 15 is 0 Å². The minimum Gasteiger partial charge on any atom is -0.292 e. The van der Waals surface area contributed by atoms with Crippen molar-refractivity contribution in [2.45, 2.75) is 0 Å². The maximum Gasteiger partial charge on any atom is 0.135 e. The van der Waals surface area contributed by atoms with Crippen molar-refractivity contribution in [3.8, 4) is 0 Å². The first-order valence-electron chi connectivity index (χ1n) is 3.61. The van der Waals surface area contributed by atoms with Gasteiger partial charge in [-0.3, -0.25) is 10.4 Å². The molecule has 13 heavy (non-hydrogen) atoms. The molecule has 0 unspecified atom stereocenters. The highest BCUT2D eigenvalue weighted by Gasteiger charge is 2.10. The van der Waals surface area contributed by atoms with Gasteiger partial charge in [0.25, 0.3) is 0 Å². The summed E-state index contributed by atoms with van der Waals surface area (Å²) in [5.74, 6) is 0. The van der Waals surface area contributed by atoms with E-state index in [4.69, 9.17) is 23.2 Å². The molecule has 67 valence electrons. The van der Waals surface area contributed by atoms with Crippen molar-refractivity contribution in [2.75, 3.05) is 5.01 Å². The van der Waals surface area contributed by atoms with Crippen LogP contribution in [0.2, 0.25) is 5.02 Å². The third-order valence-electron chi connectivity index (χ3n) is 1.57. The number of rotatable bonds is 1. The second-order valence-corrected chi connectivity index (χ2v) is 3.29. The smallest absolute Gasteiger partial charge is 0.135 e. The third-order valence-corrected chi connectivity index (χ3v) is 2.00. The number of hydrogen-bond donors (Lipinski definition) is 2. The first-order chi connectivity index (χ1) is 6.25. The fourth-order valence-electron chi connectivity index (χ4n) is 0.978. The van der Waals surface area contributed by atoms with Crippen LogP contribution in [0.3, 0.4) is 0 Å². The minimum atomic E-state index is 0.537. The second-order valence-electron chi connectivity index (χ2n) is 2.48. The molecule has 3 nitrogen and oxygen atoms in total. The summed E-state index contributed by atoms with van der Waals surface area (Å²) < 4.78 is 0. The van der Waals surface area contributed by atoms with Crippen molar-refractivity contribution in [1.29, 1.82) is 0 Å². The van der Waals surface area contributed by atoms with Crippen LogP contribution in [0.5, 0.6) is 0 Å². The monoisotopic (exact) mass is 214 g/mol. The summed E-state index contributed by atoms with van der Waals surface area (Å²) in [5.41, 5.74) is 6.49. The van der Waals surface area contributed by atoms with E-state index in [9.17, 15) is 0 Å². The second kappa shape index (κ2) is 3.46. The lowest BCUT2D eigenvalue weighted by molar-refractivity contribution is 0.674. The van der Waals surface area contributed by atoms with E-state index < -0.39 is 0 Å². The summed E-state index contributed by atoms with van der Waals surface area (Å²) in [6.45, 7) is 0. The Morgan fingerprint density at radius 2 is 2.15 bits per heavy atom. The topological polar surface area (TPSA) is 27.3 Å². The molecule has 1 heterocycles. The van der Waals surface area contributed by atoms with Gasteiger partial charge in [0.1, 0.15) is 5.16 Å². The van der Waals surface area contributed by atoms with Crippen LogP contribution in [-0.4, -0.2) is 0 Å². The van der Waals surface area contributed by atoms with Crippen molar-refractivity contribution in [3.63, 3.8) is 0 Å². The Bertz CT molecular complexity index is 334. The van der Waals surface area contributed by atoms with E-state index in [1.54, 1.807) is 23.3 Å². The van der Waals surface area contributed by atoms with Crippen molar-refractivity contribution >= 4 is 28.9 Å². The van der Waals surface area contributed by atoms with Gasteiger partial charge in [-0.2, -0.15) is 0 Å². The zero-order valence-corrected chi connectivity index (χ0v) is 8.02. The molecule has 1 aliphatic heterocycles. The van der Waals surface area contributed by atoms with Crippen LogP contribution >= 0.6 is 23.2 Å². The number of hydrazine groups is 2. The summed E-state index contributed by atoms with van der Waals surface area (Å²) in [6.07, 6.45) is 1.72. The highest BCUT2D eigenvalue weighted by Crippen LogP contribution is 2.18. The van der Waals surface area contributed by atoms with E-state index in [0.29, 0.717) is 10.2 Å². The van der Waals surface area contributed by atoms with Crippen LogP contribution in [0.15, 0.2) is 29.6 Å². The van der Waals surface area contributed by atoms with Crippen LogP contribution < -0.4 is 16.0 Å². The van der Waals surface area contributed by atoms with Gasteiger partial charge in [-0.05, 0) is 18.2 Å². The molecule has 0 saturated heterocycles. The zero-order chi connectivity index (χ0) is 9.26. The molecule has 0 amide bonds. The van der Waals surface area contributed by atoms with Crippen LogP contribution in [0.25, 0.3) is 0 Å². The van der Waals surface area contributed by atoms with E-state index in [1.165, 1.54) is 0 Å². The molecule has 0 aromatic heterocycles. The molecule has 2 N–H and O–H groups in total. The fourth-order valence-corrected chi connectivity index (χ4v) is 1.24. The van der Waals surface area contributed by atoms with Crippen molar-refractivity contribution in [1.82, 2.24) is 11.0 Å². The number of nitrogens with one attached hydrogen (secondary N) is 2. The Labute approximate surface area is 85.9 Å².